The summed E-state index contributed by atoms with van der Waals surface area (Å²) < 4.78 is 5.05. The molecule has 0 atom stereocenters. The standard InChI is InChI=1S/C46H30N2S/c1-3-15-34(16-4-1)47(42-23-12-24-43-45(42)39-19-9-10-22-41(39)48(43)35-17-5-2-6-18-35)36-27-25-31(26-28-36)37-20-11-21-38-40-29-32-13-7-8-14-33(32)30-44(40)49-46(37)38/h1-30H. The molecule has 0 aliphatic heterocycles. The van der Waals surface area contributed by atoms with E-state index >= 15 is 0 Å². The highest BCUT2D eigenvalue weighted by molar-refractivity contribution is 7.26. The molecule has 0 N–H and O–H groups in total. The molecule has 10 rings (SSSR count). The van der Waals surface area contributed by atoms with E-state index < -0.39 is 0 Å². The van der Waals surface area contributed by atoms with Gasteiger partial charge >= 0.3 is 0 Å². The minimum atomic E-state index is 1.12. The summed E-state index contributed by atoms with van der Waals surface area (Å²) in [7, 11) is 0. The van der Waals surface area contributed by atoms with Crippen LogP contribution in [0.15, 0.2) is 182 Å². The Morgan fingerprint density at radius 1 is 0.449 bits per heavy atom. The number of aromatic nitrogens is 1. The van der Waals surface area contributed by atoms with Crippen LogP contribution < -0.4 is 4.90 Å². The van der Waals surface area contributed by atoms with Gasteiger partial charge in [-0.25, -0.2) is 0 Å². The number of nitrogens with zero attached hydrogens (tertiary/aromatic N) is 2. The van der Waals surface area contributed by atoms with Gasteiger partial charge in [0.2, 0.25) is 0 Å². The fraction of sp³-hybridized carbons (Fsp3) is 0. The van der Waals surface area contributed by atoms with Crippen molar-refractivity contribution in [1.29, 1.82) is 0 Å². The van der Waals surface area contributed by atoms with Gasteiger partial charge in [0.25, 0.3) is 0 Å². The van der Waals surface area contributed by atoms with Crippen molar-refractivity contribution in [3.63, 3.8) is 0 Å². The Bertz CT molecular complexity index is 2810. The third-order valence-electron chi connectivity index (χ3n) is 9.75. The van der Waals surface area contributed by atoms with Crippen LogP contribution in [0.5, 0.6) is 0 Å². The first-order valence-electron chi connectivity index (χ1n) is 16.7. The Morgan fingerprint density at radius 2 is 1.08 bits per heavy atom. The van der Waals surface area contributed by atoms with Gasteiger partial charge < -0.3 is 9.47 Å². The first-order valence-corrected chi connectivity index (χ1v) is 17.5. The van der Waals surface area contributed by atoms with Crippen molar-refractivity contribution in [3.8, 4) is 16.8 Å². The van der Waals surface area contributed by atoms with Gasteiger partial charge in [0.15, 0.2) is 0 Å². The Hall–Kier alpha value is -6.16. The van der Waals surface area contributed by atoms with Crippen LogP contribution in [-0.2, 0) is 0 Å². The van der Waals surface area contributed by atoms with Gasteiger partial charge in [-0.1, -0.05) is 115 Å². The monoisotopic (exact) mass is 642 g/mol. The molecule has 2 aromatic heterocycles. The van der Waals surface area contributed by atoms with Crippen molar-refractivity contribution >= 4 is 81.1 Å². The molecule has 3 heteroatoms. The third kappa shape index (κ3) is 4.47. The number of hydrogen-bond donors (Lipinski definition) is 0. The van der Waals surface area contributed by atoms with Gasteiger partial charge in [0.1, 0.15) is 0 Å². The number of para-hydroxylation sites is 3. The van der Waals surface area contributed by atoms with Crippen molar-refractivity contribution in [2.45, 2.75) is 0 Å². The maximum Gasteiger partial charge on any atom is 0.0562 e. The van der Waals surface area contributed by atoms with Gasteiger partial charge in [-0.3, -0.25) is 0 Å². The highest BCUT2D eigenvalue weighted by atomic mass is 32.1. The lowest BCUT2D eigenvalue weighted by molar-refractivity contribution is 1.18. The second kappa shape index (κ2) is 11.2. The number of anilines is 3. The Kier molecular flexibility index (Phi) is 6.39. The quantitative estimate of drug-likeness (QED) is 0.181. The Morgan fingerprint density at radius 3 is 1.90 bits per heavy atom. The molecule has 0 saturated carbocycles. The van der Waals surface area contributed by atoms with Crippen LogP contribution >= 0.6 is 11.3 Å². The Balaban J connectivity index is 1.15. The molecule has 49 heavy (non-hydrogen) atoms. The maximum absolute atomic E-state index is 2.40. The summed E-state index contributed by atoms with van der Waals surface area (Å²) in [5.41, 5.74) is 9.43. The zero-order valence-electron chi connectivity index (χ0n) is 26.6. The fourth-order valence-electron chi connectivity index (χ4n) is 7.55. The highest BCUT2D eigenvalue weighted by Crippen LogP contribution is 2.45. The molecule has 0 bridgehead atoms. The van der Waals surface area contributed by atoms with E-state index in [1.54, 1.807) is 0 Å². The molecular formula is C46H30N2S. The van der Waals surface area contributed by atoms with Gasteiger partial charge in [-0.2, -0.15) is 0 Å². The van der Waals surface area contributed by atoms with Crippen LogP contribution in [0, 0.1) is 0 Å². The predicted octanol–water partition coefficient (Wildman–Crippen LogP) is 13.4. The van der Waals surface area contributed by atoms with Crippen molar-refractivity contribution in [1.82, 2.24) is 4.57 Å². The van der Waals surface area contributed by atoms with E-state index in [-0.39, 0.29) is 0 Å². The second-order valence-electron chi connectivity index (χ2n) is 12.6. The first kappa shape index (κ1) is 27.9. The van der Waals surface area contributed by atoms with E-state index in [0.29, 0.717) is 0 Å². The van der Waals surface area contributed by atoms with Crippen molar-refractivity contribution in [2.75, 3.05) is 4.90 Å². The molecule has 230 valence electrons. The maximum atomic E-state index is 2.40. The molecule has 0 saturated heterocycles. The summed E-state index contributed by atoms with van der Waals surface area (Å²) in [6.07, 6.45) is 0. The van der Waals surface area contributed by atoms with Crippen LogP contribution in [0.25, 0.3) is 69.6 Å². The first-order chi connectivity index (χ1) is 24.3. The molecule has 10 aromatic rings. The van der Waals surface area contributed by atoms with E-state index in [1.165, 1.54) is 63.9 Å². The lowest BCUT2D eigenvalue weighted by atomic mass is 10.0. The van der Waals surface area contributed by atoms with Crippen LogP contribution in [0.1, 0.15) is 0 Å². The van der Waals surface area contributed by atoms with Crippen LogP contribution in [-0.4, -0.2) is 4.57 Å². The van der Waals surface area contributed by atoms with Crippen molar-refractivity contribution in [3.05, 3.63) is 182 Å². The molecule has 0 unspecified atom stereocenters. The molecule has 0 radical (unpaired) electrons. The van der Waals surface area contributed by atoms with Gasteiger partial charge in [0.05, 0.1) is 16.7 Å². The number of fused-ring (bicyclic) bond motifs is 7. The van der Waals surface area contributed by atoms with Crippen molar-refractivity contribution in [2.24, 2.45) is 0 Å². The highest BCUT2D eigenvalue weighted by Gasteiger charge is 2.21. The number of hydrogen-bond acceptors (Lipinski definition) is 2. The summed E-state index contributed by atoms with van der Waals surface area (Å²) in [6.45, 7) is 0. The van der Waals surface area contributed by atoms with E-state index in [0.717, 1.165) is 22.7 Å². The molecule has 0 aliphatic carbocycles. The predicted molar refractivity (Wildman–Crippen MR) is 211 cm³/mol. The summed E-state index contributed by atoms with van der Waals surface area (Å²) >= 11 is 1.89. The summed E-state index contributed by atoms with van der Waals surface area (Å²) in [6, 6.07) is 66.0. The van der Waals surface area contributed by atoms with E-state index in [1.807, 2.05) is 11.3 Å². The second-order valence-corrected chi connectivity index (χ2v) is 13.6. The minimum absolute atomic E-state index is 1.12. The topological polar surface area (TPSA) is 8.17 Å². The molecule has 0 fully saturated rings. The van der Waals surface area contributed by atoms with E-state index in [2.05, 4.69) is 191 Å². The fourth-order valence-corrected chi connectivity index (χ4v) is 8.82. The largest absolute Gasteiger partial charge is 0.310 e. The van der Waals surface area contributed by atoms with Crippen LogP contribution in [0.2, 0.25) is 0 Å². The third-order valence-corrected chi connectivity index (χ3v) is 10.9. The number of rotatable bonds is 5. The molecule has 0 spiro atoms. The SMILES string of the molecule is c1ccc(N(c2ccc(-c3cccc4c3sc3cc5ccccc5cc34)cc2)c2cccc3c2c2ccccc2n3-c2ccccc2)cc1. The van der Waals surface area contributed by atoms with Crippen molar-refractivity contribution < 1.29 is 0 Å². The summed E-state index contributed by atoms with van der Waals surface area (Å²) in [5.74, 6) is 0. The van der Waals surface area contributed by atoms with Crippen LogP contribution in [0.3, 0.4) is 0 Å². The smallest absolute Gasteiger partial charge is 0.0562 e. The molecular weight excluding hydrogens is 613 g/mol. The summed E-state index contributed by atoms with van der Waals surface area (Å²) in [5, 5.41) is 7.69. The average Bonchev–Trinajstić information content (AvgIpc) is 3.71. The lowest BCUT2D eigenvalue weighted by Crippen LogP contribution is -2.10. The number of benzene rings is 8. The molecule has 0 amide bonds. The number of thiophene rings is 1. The minimum Gasteiger partial charge on any atom is -0.310 e. The molecule has 2 nitrogen and oxygen atoms in total. The van der Waals surface area contributed by atoms with Gasteiger partial charge in [-0.05, 0) is 88.6 Å². The lowest BCUT2D eigenvalue weighted by Gasteiger charge is -2.26. The van der Waals surface area contributed by atoms with E-state index in [4.69, 9.17) is 0 Å². The van der Waals surface area contributed by atoms with Gasteiger partial charge in [0, 0.05) is 48.0 Å². The summed E-state index contributed by atoms with van der Waals surface area (Å²) in [4.78, 5) is 2.40. The molecule has 2 heterocycles. The molecule has 8 aromatic carbocycles. The van der Waals surface area contributed by atoms with Crippen LogP contribution in [0.4, 0.5) is 17.1 Å². The Labute approximate surface area is 288 Å². The van der Waals surface area contributed by atoms with E-state index in [9.17, 15) is 0 Å². The normalized spacial score (nSPS) is 11.7. The average molecular weight is 643 g/mol. The zero-order chi connectivity index (χ0) is 32.3. The zero-order valence-corrected chi connectivity index (χ0v) is 27.4. The molecule has 0 aliphatic rings. The van der Waals surface area contributed by atoms with Gasteiger partial charge in [-0.15, -0.1) is 11.3 Å².